The fourth-order valence-corrected chi connectivity index (χ4v) is 2.22. The highest BCUT2D eigenvalue weighted by atomic mass is 79.9. The van der Waals surface area contributed by atoms with E-state index in [4.69, 9.17) is 4.74 Å². The number of hydrogen-bond acceptors (Lipinski definition) is 5. The minimum atomic E-state index is -0.600. The Morgan fingerprint density at radius 2 is 2.13 bits per heavy atom. The van der Waals surface area contributed by atoms with E-state index in [1.54, 1.807) is 0 Å². The average Bonchev–Trinajstić information content (AvgIpc) is 2.54. The van der Waals surface area contributed by atoms with Crippen LogP contribution in [0, 0.1) is 10.1 Å². The van der Waals surface area contributed by atoms with Crippen molar-refractivity contribution in [1.29, 1.82) is 0 Å². The van der Waals surface area contributed by atoms with Gasteiger partial charge in [-0.05, 0) is 23.8 Å². The summed E-state index contributed by atoms with van der Waals surface area (Å²) in [5.41, 5.74) is 2.94. The largest absolute Gasteiger partial charge is 0.496 e. The van der Waals surface area contributed by atoms with E-state index in [1.807, 2.05) is 24.3 Å². The number of benzene rings is 2. The molecule has 2 aromatic carbocycles. The minimum Gasteiger partial charge on any atom is -0.496 e. The second kappa shape index (κ2) is 7.50. The Morgan fingerprint density at radius 3 is 2.78 bits per heavy atom. The molecule has 0 fully saturated rings. The number of amides is 1. The molecule has 0 aliphatic carbocycles. The van der Waals surface area contributed by atoms with E-state index in [-0.39, 0.29) is 17.0 Å². The number of non-ortho nitro benzene ring substituents is 1. The highest BCUT2D eigenvalue weighted by Crippen LogP contribution is 2.23. The Kier molecular flexibility index (Phi) is 5.42. The fourth-order valence-electron chi connectivity index (χ4n) is 1.80. The molecule has 0 spiro atoms. The molecule has 0 bridgehead atoms. The first kappa shape index (κ1) is 16.6. The number of hydrogen-bond donors (Lipinski definition) is 1. The maximum Gasteiger partial charge on any atom is 0.275 e. The molecular formula is C15H12BrN3O4. The predicted molar refractivity (Wildman–Crippen MR) is 88.9 cm³/mol. The van der Waals surface area contributed by atoms with Crippen molar-refractivity contribution in [3.63, 3.8) is 0 Å². The van der Waals surface area contributed by atoms with Crippen molar-refractivity contribution in [1.82, 2.24) is 5.43 Å². The number of nitro groups is 1. The highest BCUT2D eigenvalue weighted by molar-refractivity contribution is 9.10. The predicted octanol–water partition coefficient (Wildman–Crippen LogP) is 3.13. The zero-order valence-corrected chi connectivity index (χ0v) is 13.6. The number of halogens is 1. The van der Waals surface area contributed by atoms with E-state index in [0.717, 1.165) is 16.1 Å². The first-order valence-electron chi connectivity index (χ1n) is 6.42. The lowest BCUT2D eigenvalue weighted by molar-refractivity contribution is -0.384. The normalized spacial score (nSPS) is 10.5. The molecule has 0 atom stereocenters. The molecule has 23 heavy (non-hydrogen) atoms. The van der Waals surface area contributed by atoms with Crippen LogP contribution in [-0.2, 0) is 0 Å². The first-order valence-corrected chi connectivity index (χ1v) is 7.22. The van der Waals surface area contributed by atoms with Crippen LogP contribution in [0.15, 0.2) is 52.0 Å². The fraction of sp³-hybridized carbons (Fsp3) is 0.0667. The van der Waals surface area contributed by atoms with E-state index in [0.29, 0.717) is 0 Å². The van der Waals surface area contributed by atoms with Crippen molar-refractivity contribution in [2.75, 3.05) is 7.11 Å². The molecule has 0 unspecified atom stereocenters. The van der Waals surface area contributed by atoms with Gasteiger partial charge in [0.15, 0.2) is 0 Å². The molecule has 1 N–H and O–H groups in total. The third-order valence-electron chi connectivity index (χ3n) is 2.87. The third kappa shape index (κ3) is 4.36. The standard InChI is InChI=1S/C15H12BrN3O4/c1-23-14-6-5-12(19(21)22)8-13(14)15(20)18-17-9-10-3-2-4-11(16)7-10/h2-9H,1H3,(H,18,20)/b17-9-. The van der Waals surface area contributed by atoms with Gasteiger partial charge in [0.05, 0.1) is 23.8 Å². The molecule has 0 aromatic heterocycles. The first-order chi connectivity index (χ1) is 11.0. The molecular weight excluding hydrogens is 366 g/mol. The molecule has 0 saturated carbocycles. The van der Waals surface area contributed by atoms with Crippen LogP contribution in [0.1, 0.15) is 15.9 Å². The van der Waals surface area contributed by atoms with Crippen LogP contribution in [-0.4, -0.2) is 24.2 Å². The molecule has 118 valence electrons. The van der Waals surface area contributed by atoms with Gasteiger partial charge in [-0.1, -0.05) is 28.1 Å². The molecule has 2 aromatic rings. The number of nitrogens with zero attached hydrogens (tertiary/aromatic N) is 2. The van der Waals surface area contributed by atoms with E-state index in [9.17, 15) is 14.9 Å². The van der Waals surface area contributed by atoms with Gasteiger partial charge in [-0.2, -0.15) is 5.10 Å². The quantitative estimate of drug-likeness (QED) is 0.491. The summed E-state index contributed by atoms with van der Waals surface area (Å²) in [5, 5.41) is 14.6. The monoisotopic (exact) mass is 377 g/mol. The topological polar surface area (TPSA) is 93.8 Å². The van der Waals surface area contributed by atoms with Gasteiger partial charge >= 0.3 is 0 Å². The zero-order chi connectivity index (χ0) is 16.8. The Hall–Kier alpha value is -2.74. The molecule has 1 amide bonds. The lowest BCUT2D eigenvalue weighted by Gasteiger charge is -2.06. The smallest absolute Gasteiger partial charge is 0.275 e. The lowest BCUT2D eigenvalue weighted by atomic mass is 10.1. The SMILES string of the molecule is COc1ccc([N+](=O)[O-])cc1C(=O)N/N=C\c1cccc(Br)c1. The van der Waals surface area contributed by atoms with Gasteiger partial charge in [0.25, 0.3) is 11.6 Å². The van der Waals surface area contributed by atoms with Gasteiger partial charge in [-0.15, -0.1) is 0 Å². The van der Waals surface area contributed by atoms with Crippen LogP contribution in [0.25, 0.3) is 0 Å². The maximum atomic E-state index is 12.1. The summed E-state index contributed by atoms with van der Waals surface area (Å²) in [5.74, 6) is -0.373. The van der Waals surface area contributed by atoms with Gasteiger partial charge in [-0.3, -0.25) is 14.9 Å². The van der Waals surface area contributed by atoms with E-state index in [2.05, 4.69) is 26.5 Å². The van der Waals surface area contributed by atoms with E-state index < -0.39 is 10.8 Å². The summed E-state index contributed by atoms with van der Waals surface area (Å²) >= 11 is 3.33. The summed E-state index contributed by atoms with van der Waals surface area (Å²) < 4.78 is 5.92. The molecule has 2 rings (SSSR count). The Balaban J connectivity index is 2.17. The summed E-state index contributed by atoms with van der Waals surface area (Å²) in [6.45, 7) is 0. The van der Waals surface area contributed by atoms with Gasteiger partial charge in [-0.25, -0.2) is 5.43 Å². The van der Waals surface area contributed by atoms with Crippen LogP contribution >= 0.6 is 15.9 Å². The Bertz CT molecular complexity index is 777. The molecule has 7 nitrogen and oxygen atoms in total. The second-order valence-electron chi connectivity index (χ2n) is 4.40. The summed E-state index contributed by atoms with van der Waals surface area (Å²) in [7, 11) is 1.38. The zero-order valence-electron chi connectivity index (χ0n) is 12.0. The number of hydrazone groups is 1. The molecule has 0 radical (unpaired) electrons. The number of nitro benzene ring substituents is 1. The highest BCUT2D eigenvalue weighted by Gasteiger charge is 2.17. The van der Waals surface area contributed by atoms with Crippen molar-refractivity contribution in [2.24, 2.45) is 5.10 Å². The maximum absolute atomic E-state index is 12.1. The van der Waals surface area contributed by atoms with Crippen LogP contribution < -0.4 is 10.2 Å². The minimum absolute atomic E-state index is 0.0353. The van der Waals surface area contributed by atoms with Crippen molar-refractivity contribution < 1.29 is 14.5 Å². The Labute approximate surface area is 140 Å². The molecule has 0 saturated heterocycles. The molecule has 0 aliphatic rings. The summed E-state index contributed by atoms with van der Waals surface area (Å²) in [6, 6.07) is 11.1. The number of methoxy groups -OCH3 is 1. The van der Waals surface area contributed by atoms with Crippen molar-refractivity contribution in [2.45, 2.75) is 0 Å². The number of carbonyl (C=O) groups is 1. The summed E-state index contributed by atoms with van der Waals surface area (Å²) in [6.07, 6.45) is 1.46. The average molecular weight is 378 g/mol. The van der Waals surface area contributed by atoms with Gasteiger partial charge in [0.1, 0.15) is 5.75 Å². The van der Waals surface area contributed by atoms with E-state index >= 15 is 0 Å². The van der Waals surface area contributed by atoms with Gasteiger partial charge < -0.3 is 4.74 Å². The van der Waals surface area contributed by atoms with Crippen LogP contribution in [0.4, 0.5) is 5.69 Å². The Morgan fingerprint density at radius 1 is 1.35 bits per heavy atom. The van der Waals surface area contributed by atoms with Crippen molar-refractivity contribution in [3.05, 3.63) is 68.2 Å². The molecule has 0 aliphatic heterocycles. The van der Waals surface area contributed by atoms with Crippen molar-refractivity contribution in [3.8, 4) is 5.75 Å². The van der Waals surface area contributed by atoms with Crippen LogP contribution in [0.2, 0.25) is 0 Å². The van der Waals surface area contributed by atoms with Crippen LogP contribution in [0.5, 0.6) is 5.75 Å². The number of carbonyl (C=O) groups excluding carboxylic acids is 1. The lowest BCUT2D eigenvalue weighted by Crippen LogP contribution is -2.18. The van der Waals surface area contributed by atoms with Crippen molar-refractivity contribution >= 4 is 33.7 Å². The molecule has 0 heterocycles. The second-order valence-corrected chi connectivity index (χ2v) is 5.31. The summed E-state index contributed by atoms with van der Waals surface area (Å²) in [4.78, 5) is 22.3. The van der Waals surface area contributed by atoms with Gasteiger partial charge in [0.2, 0.25) is 0 Å². The number of ether oxygens (including phenoxy) is 1. The molecule has 8 heteroatoms. The van der Waals surface area contributed by atoms with E-state index in [1.165, 1.54) is 25.5 Å². The number of nitrogens with one attached hydrogen (secondary N) is 1. The van der Waals surface area contributed by atoms with Crippen LogP contribution in [0.3, 0.4) is 0 Å². The van der Waals surface area contributed by atoms with Gasteiger partial charge in [0, 0.05) is 16.6 Å². The third-order valence-corrected chi connectivity index (χ3v) is 3.36. The number of rotatable bonds is 5.